The van der Waals surface area contributed by atoms with Crippen molar-refractivity contribution >= 4 is 35.0 Å². The number of ether oxygens (including phenoxy) is 1. The van der Waals surface area contributed by atoms with Gasteiger partial charge >= 0.3 is 12.3 Å². The van der Waals surface area contributed by atoms with Crippen LogP contribution in [0.3, 0.4) is 0 Å². The fraction of sp³-hybridized carbons (Fsp3) is 0.318. The number of anilines is 3. The van der Waals surface area contributed by atoms with Crippen LogP contribution in [0.5, 0.6) is 0 Å². The number of likely N-dealkylation sites (tertiary alicyclic amines) is 1. The van der Waals surface area contributed by atoms with Gasteiger partial charge in [-0.05, 0) is 37.1 Å². The van der Waals surface area contributed by atoms with E-state index in [4.69, 9.17) is 16.3 Å². The lowest BCUT2D eigenvalue weighted by Crippen LogP contribution is -2.42. The molecule has 0 aliphatic carbocycles. The molecule has 0 atom stereocenters. The van der Waals surface area contributed by atoms with Gasteiger partial charge in [-0.2, -0.15) is 13.2 Å². The predicted molar refractivity (Wildman–Crippen MR) is 123 cm³/mol. The number of piperidine rings is 1. The van der Waals surface area contributed by atoms with Gasteiger partial charge in [0.2, 0.25) is 0 Å². The molecule has 1 aliphatic rings. The Labute approximate surface area is 203 Å². The van der Waals surface area contributed by atoms with Crippen LogP contribution in [0.4, 0.5) is 35.3 Å². The predicted octanol–water partition coefficient (Wildman–Crippen LogP) is 4.99. The first kappa shape index (κ1) is 24.5. The zero-order valence-corrected chi connectivity index (χ0v) is 19.3. The van der Waals surface area contributed by atoms with Gasteiger partial charge in [-0.1, -0.05) is 17.7 Å². The zero-order valence-electron chi connectivity index (χ0n) is 18.5. The smallest absolute Gasteiger partial charge is 0.433 e. The Bertz CT molecular complexity index is 1200. The normalized spacial score (nSPS) is 14.5. The first-order valence-corrected chi connectivity index (χ1v) is 11.0. The molecular weight excluding hydrogens is 487 g/mol. The summed E-state index contributed by atoms with van der Waals surface area (Å²) in [6, 6.07) is 8.89. The number of hydrogen-bond acceptors (Lipinski definition) is 8. The van der Waals surface area contributed by atoms with E-state index in [1.54, 1.807) is 29.2 Å². The van der Waals surface area contributed by atoms with Crippen molar-refractivity contribution in [2.24, 2.45) is 0 Å². The molecule has 184 valence electrons. The molecule has 1 amide bonds. The Kier molecular flexibility index (Phi) is 7.20. The lowest BCUT2D eigenvalue weighted by molar-refractivity contribution is -0.141. The van der Waals surface area contributed by atoms with E-state index in [0.717, 1.165) is 12.3 Å². The Morgan fingerprint density at radius 1 is 1.11 bits per heavy atom. The molecule has 0 spiro atoms. The second-order valence-corrected chi connectivity index (χ2v) is 8.12. The van der Waals surface area contributed by atoms with E-state index in [-0.39, 0.29) is 34.6 Å². The summed E-state index contributed by atoms with van der Waals surface area (Å²) < 4.78 is 44.0. The van der Waals surface area contributed by atoms with E-state index in [2.05, 4.69) is 30.6 Å². The van der Waals surface area contributed by atoms with Gasteiger partial charge in [-0.25, -0.2) is 19.7 Å². The average molecular weight is 508 g/mol. The summed E-state index contributed by atoms with van der Waals surface area (Å²) in [5, 5.41) is 6.46. The number of hydrogen-bond donors (Lipinski definition) is 2. The number of carbonyl (C=O) groups is 1. The maximum atomic E-state index is 13.1. The molecule has 0 unspecified atom stereocenters. The number of amides is 1. The summed E-state index contributed by atoms with van der Waals surface area (Å²) in [7, 11) is 1.34. The molecule has 0 saturated carbocycles. The van der Waals surface area contributed by atoms with E-state index in [1.807, 2.05) is 0 Å². The summed E-state index contributed by atoms with van der Waals surface area (Å²) in [5.74, 6) is 0.934. The Hall–Kier alpha value is -3.67. The molecule has 0 aromatic carbocycles. The largest absolute Gasteiger partial charge is 0.453 e. The van der Waals surface area contributed by atoms with Crippen LogP contribution in [0.25, 0.3) is 11.5 Å². The number of nitrogens with zero attached hydrogens (tertiary/aromatic N) is 5. The van der Waals surface area contributed by atoms with Crippen LogP contribution >= 0.6 is 11.6 Å². The number of rotatable bonds is 5. The number of carbonyl (C=O) groups excluding carboxylic acids is 1. The van der Waals surface area contributed by atoms with Gasteiger partial charge < -0.3 is 20.3 Å². The number of pyridine rings is 2. The summed E-state index contributed by atoms with van der Waals surface area (Å²) in [4.78, 5) is 29.9. The van der Waals surface area contributed by atoms with E-state index in [9.17, 15) is 18.0 Å². The van der Waals surface area contributed by atoms with E-state index in [0.29, 0.717) is 37.4 Å². The molecule has 35 heavy (non-hydrogen) atoms. The minimum atomic E-state index is -4.58. The van der Waals surface area contributed by atoms with Crippen molar-refractivity contribution in [3.63, 3.8) is 0 Å². The summed E-state index contributed by atoms with van der Waals surface area (Å²) in [6.07, 6.45) is -2.56. The minimum Gasteiger partial charge on any atom is -0.453 e. The van der Waals surface area contributed by atoms with E-state index < -0.39 is 11.9 Å². The molecular formula is C22H21ClF3N7O2. The highest BCUT2D eigenvalue weighted by Gasteiger charge is 2.32. The third kappa shape index (κ3) is 6.27. The SMILES string of the molecule is COC(=O)N1CCC(Nc2cc(Nc3ccnc(C(F)(F)F)c3)nc(-c3cccc(Cl)n3)n2)CC1. The van der Waals surface area contributed by atoms with E-state index >= 15 is 0 Å². The Morgan fingerprint density at radius 2 is 1.86 bits per heavy atom. The molecule has 0 radical (unpaired) electrons. The number of nitrogens with one attached hydrogen (secondary N) is 2. The highest BCUT2D eigenvalue weighted by molar-refractivity contribution is 6.29. The van der Waals surface area contributed by atoms with Crippen molar-refractivity contribution in [2.45, 2.75) is 25.1 Å². The van der Waals surface area contributed by atoms with Crippen LogP contribution in [-0.2, 0) is 10.9 Å². The van der Waals surface area contributed by atoms with Crippen LogP contribution in [0.15, 0.2) is 42.6 Å². The first-order chi connectivity index (χ1) is 16.7. The van der Waals surface area contributed by atoms with Gasteiger partial charge in [-0.15, -0.1) is 0 Å². The molecule has 13 heteroatoms. The first-order valence-electron chi connectivity index (χ1n) is 10.6. The lowest BCUT2D eigenvalue weighted by Gasteiger charge is -2.31. The Balaban J connectivity index is 1.60. The molecule has 4 heterocycles. The highest BCUT2D eigenvalue weighted by Crippen LogP contribution is 2.30. The van der Waals surface area contributed by atoms with Gasteiger partial charge in [-0.3, -0.25) is 4.98 Å². The monoisotopic (exact) mass is 507 g/mol. The topological polar surface area (TPSA) is 105 Å². The molecule has 2 N–H and O–H groups in total. The summed E-state index contributed by atoms with van der Waals surface area (Å²) in [6.45, 7) is 1.03. The number of methoxy groups -OCH3 is 1. The van der Waals surface area contributed by atoms with Crippen LogP contribution in [0.1, 0.15) is 18.5 Å². The molecule has 9 nitrogen and oxygen atoms in total. The molecule has 0 bridgehead atoms. The average Bonchev–Trinajstić information content (AvgIpc) is 2.83. The fourth-order valence-electron chi connectivity index (χ4n) is 3.59. The number of halogens is 4. The van der Waals surface area contributed by atoms with E-state index in [1.165, 1.54) is 13.2 Å². The maximum Gasteiger partial charge on any atom is 0.433 e. The van der Waals surface area contributed by atoms with Crippen molar-refractivity contribution in [3.05, 3.63) is 53.4 Å². The quantitative estimate of drug-likeness (QED) is 0.465. The Morgan fingerprint density at radius 3 is 2.54 bits per heavy atom. The molecule has 3 aromatic heterocycles. The van der Waals surface area contributed by atoms with Crippen molar-refractivity contribution in [1.29, 1.82) is 0 Å². The summed E-state index contributed by atoms with van der Waals surface area (Å²) in [5.41, 5.74) is -0.465. The van der Waals surface area contributed by atoms with Gasteiger partial charge in [0.25, 0.3) is 0 Å². The van der Waals surface area contributed by atoms with Crippen molar-refractivity contribution in [3.8, 4) is 11.5 Å². The van der Waals surface area contributed by atoms with Crippen LogP contribution in [-0.4, -0.2) is 57.2 Å². The van der Waals surface area contributed by atoms with Crippen molar-refractivity contribution < 1.29 is 22.7 Å². The van der Waals surface area contributed by atoms with Crippen LogP contribution in [0, 0.1) is 0 Å². The number of alkyl halides is 3. The molecule has 4 rings (SSSR count). The number of aromatic nitrogens is 4. The lowest BCUT2D eigenvalue weighted by atomic mass is 10.1. The van der Waals surface area contributed by atoms with Crippen molar-refractivity contribution in [2.75, 3.05) is 30.8 Å². The zero-order chi connectivity index (χ0) is 25.0. The van der Waals surface area contributed by atoms with Crippen LogP contribution < -0.4 is 10.6 Å². The van der Waals surface area contributed by atoms with Crippen LogP contribution in [0.2, 0.25) is 5.15 Å². The molecule has 1 saturated heterocycles. The maximum absolute atomic E-state index is 13.1. The van der Waals surface area contributed by atoms with Gasteiger partial charge in [0.05, 0.1) is 7.11 Å². The third-order valence-corrected chi connectivity index (χ3v) is 5.48. The van der Waals surface area contributed by atoms with Gasteiger partial charge in [0, 0.05) is 37.1 Å². The molecule has 1 aliphatic heterocycles. The highest BCUT2D eigenvalue weighted by atomic mass is 35.5. The van der Waals surface area contributed by atoms with Gasteiger partial charge in [0.1, 0.15) is 28.2 Å². The molecule has 3 aromatic rings. The van der Waals surface area contributed by atoms with Gasteiger partial charge in [0.15, 0.2) is 5.82 Å². The standard InChI is InChI=1S/C22H21ClF3N7O2/c1-35-21(34)33-9-6-13(7-10-33)28-18-12-19(29-14-5-8-27-16(11-14)22(24,25)26)32-20(31-18)15-3-2-4-17(23)30-15/h2-5,8,11-13H,6-7,9-10H2,1H3,(H2,27,28,29,31,32). The second kappa shape index (κ2) is 10.3. The van der Waals surface area contributed by atoms with Crippen molar-refractivity contribution in [1.82, 2.24) is 24.8 Å². The minimum absolute atomic E-state index is 0.0107. The third-order valence-electron chi connectivity index (χ3n) is 5.27. The second-order valence-electron chi connectivity index (χ2n) is 7.74. The fourth-order valence-corrected chi connectivity index (χ4v) is 3.75. The summed E-state index contributed by atoms with van der Waals surface area (Å²) >= 11 is 6.02. The molecule has 1 fully saturated rings.